The highest BCUT2D eigenvalue weighted by atomic mass is 19.1. The van der Waals surface area contributed by atoms with Gasteiger partial charge in [-0.05, 0) is 60.3 Å². The van der Waals surface area contributed by atoms with Crippen LogP contribution in [0.25, 0.3) is 0 Å². The molecule has 1 fully saturated rings. The van der Waals surface area contributed by atoms with Crippen LogP contribution < -0.4 is 14.2 Å². The van der Waals surface area contributed by atoms with Crippen molar-refractivity contribution < 1.29 is 28.5 Å². The molecule has 0 amide bonds. The van der Waals surface area contributed by atoms with Crippen molar-refractivity contribution >= 4 is 5.97 Å². The maximum atomic E-state index is 14.3. The molecule has 1 heterocycles. The van der Waals surface area contributed by atoms with Crippen LogP contribution in [0.15, 0.2) is 66.7 Å². The van der Waals surface area contributed by atoms with Crippen molar-refractivity contribution in [3.63, 3.8) is 0 Å². The third-order valence-electron chi connectivity index (χ3n) is 6.35. The third kappa shape index (κ3) is 5.57. The molecule has 184 valence electrons. The number of aliphatic carboxylic acids is 1. The number of rotatable bonds is 9. The first kappa shape index (κ1) is 24.5. The van der Waals surface area contributed by atoms with E-state index in [2.05, 4.69) is 0 Å². The lowest BCUT2D eigenvalue weighted by Gasteiger charge is -2.40. The second-order valence-electron chi connectivity index (χ2n) is 8.57. The number of halogens is 1. The Bertz CT molecular complexity index is 1130. The van der Waals surface area contributed by atoms with Crippen molar-refractivity contribution in [1.82, 2.24) is 4.90 Å². The molecule has 0 aromatic heterocycles. The summed E-state index contributed by atoms with van der Waals surface area (Å²) in [6.07, 6.45) is 2.23. The van der Waals surface area contributed by atoms with Crippen LogP contribution >= 0.6 is 0 Å². The number of carboxylic acid groups (broad SMARTS) is 1. The Hall–Kier alpha value is -3.58. The van der Waals surface area contributed by atoms with Gasteiger partial charge in [0.2, 0.25) is 5.75 Å². The summed E-state index contributed by atoms with van der Waals surface area (Å²) in [5.74, 6) is 0.112. The Balaban J connectivity index is 1.78. The first-order chi connectivity index (χ1) is 17.0. The minimum Gasteiger partial charge on any atom is -0.493 e. The Morgan fingerprint density at radius 2 is 1.71 bits per heavy atom. The molecule has 1 N–H and O–H groups in total. The normalized spacial score (nSPS) is 16.9. The molecule has 1 aliphatic rings. The van der Waals surface area contributed by atoms with E-state index in [1.807, 2.05) is 53.4 Å². The van der Waals surface area contributed by atoms with Gasteiger partial charge in [0.15, 0.2) is 11.5 Å². The largest absolute Gasteiger partial charge is 0.493 e. The SMILES string of the molecule is COc1cc(C(c2cccc(F)c2)N2CCCCC2C(=O)O)cc(OC)c1OCc1ccccc1. The molecular weight excluding hydrogens is 449 g/mol. The highest BCUT2D eigenvalue weighted by Gasteiger charge is 2.36. The third-order valence-corrected chi connectivity index (χ3v) is 6.35. The van der Waals surface area contributed by atoms with E-state index < -0.39 is 18.1 Å². The highest BCUT2D eigenvalue weighted by Crippen LogP contribution is 2.44. The average Bonchev–Trinajstić information content (AvgIpc) is 2.88. The van der Waals surface area contributed by atoms with Crippen molar-refractivity contribution in [2.45, 2.75) is 38.0 Å². The first-order valence-corrected chi connectivity index (χ1v) is 11.7. The summed E-state index contributed by atoms with van der Waals surface area (Å²) in [5.41, 5.74) is 2.40. The molecule has 4 rings (SSSR count). The zero-order valence-electron chi connectivity index (χ0n) is 19.9. The van der Waals surface area contributed by atoms with Crippen LogP contribution in [-0.4, -0.2) is 42.8 Å². The molecule has 0 saturated carbocycles. The first-order valence-electron chi connectivity index (χ1n) is 11.7. The van der Waals surface area contributed by atoms with E-state index in [1.54, 1.807) is 20.3 Å². The summed E-state index contributed by atoms with van der Waals surface area (Å²) in [6.45, 7) is 0.905. The standard InChI is InChI=1S/C28H30FNO5/c1-33-24-16-21(17-25(34-2)27(24)35-18-19-9-4-3-5-10-19)26(20-11-8-12-22(29)15-20)30-14-7-6-13-23(30)28(31)32/h3-5,8-12,15-17,23,26H,6-7,13-14,18H2,1-2H3,(H,31,32). The molecule has 3 aromatic carbocycles. The van der Waals surface area contributed by atoms with Crippen LogP contribution in [0.3, 0.4) is 0 Å². The Kier molecular flexibility index (Phi) is 7.87. The van der Waals surface area contributed by atoms with Gasteiger partial charge in [0.25, 0.3) is 0 Å². The fraction of sp³-hybridized carbons (Fsp3) is 0.321. The van der Waals surface area contributed by atoms with Gasteiger partial charge in [-0.3, -0.25) is 9.69 Å². The lowest BCUT2D eigenvalue weighted by Crippen LogP contribution is -2.46. The van der Waals surface area contributed by atoms with Gasteiger partial charge in [-0.25, -0.2) is 4.39 Å². The number of piperidine rings is 1. The zero-order chi connectivity index (χ0) is 24.8. The Morgan fingerprint density at radius 3 is 2.34 bits per heavy atom. The Morgan fingerprint density at radius 1 is 1.00 bits per heavy atom. The zero-order valence-corrected chi connectivity index (χ0v) is 19.9. The van der Waals surface area contributed by atoms with Crippen molar-refractivity contribution in [3.05, 3.63) is 89.2 Å². The van der Waals surface area contributed by atoms with Crippen LogP contribution in [-0.2, 0) is 11.4 Å². The lowest BCUT2D eigenvalue weighted by atomic mass is 9.91. The number of hydrogen-bond acceptors (Lipinski definition) is 5. The van der Waals surface area contributed by atoms with Crippen molar-refractivity contribution in [3.8, 4) is 17.2 Å². The van der Waals surface area contributed by atoms with Crippen LogP contribution in [0, 0.1) is 5.82 Å². The number of nitrogens with zero attached hydrogens (tertiary/aromatic N) is 1. The fourth-order valence-corrected chi connectivity index (χ4v) is 4.71. The number of methoxy groups -OCH3 is 2. The summed E-state index contributed by atoms with van der Waals surface area (Å²) >= 11 is 0. The summed E-state index contributed by atoms with van der Waals surface area (Å²) in [6, 6.07) is 18.5. The summed E-state index contributed by atoms with van der Waals surface area (Å²) < 4.78 is 31.7. The molecule has 1 aliphatic heterocycles. The molecule has 0 aliphatic carbocycles. The average molecular weight is 480 g/mol. The molecule has 2 unspecified atom stereocenters. The quantitative estimate of drug-likeness (QED) is 0.440. The number of likely N-dealkylation sites (tertiary alicyclic amines) is 1. The number of carboxylic acids is 1. The maximum Gasteiger partial charge on any atom is 0.320 e. The molecule has 6 nitrogen and oxygen atoms in total. The molecule has 0 spiro atoms. The lowest BCUT2D eigenvalue weighted by molar-refractivity contribution is -0.145. The number of ether oxygens (including phenoxy) is 3. The molecular formula is C28H30FNO5. The molecule has 2 atom stereocenters. The van der Waals surface area contributed by atoms with Crippen LogP contribution in [0.2, 0.25) is 0 Å². The fourth-order valence-electron chi connectivity index (χ4n) is 4.71. The van der Waals surface area contributed by atoms with Crippen LogP contribution in [0.1, 0.15) is 42.0 Å². The van der Waals surface area contributed by atoms with E-state index in [1.165, 1.54) is 12.1 Å². The molecule has 3 aromatic rings. The van der Waals surface area contributed by atoms with Gasteiger partial charge in [0.1, 0.15) is 18.5 Å². The number of hydrogen-bond donors (Lipinski definition) is 1. The minimum absolute atomic E-state index is 0.327. The summed E-state index contributed by atoms with van der Waals surface area (Å²) in [7, 11) is 3.10. The Labute approximate surface area is 204 Å². The predicted molar refractivity (Wildman–Crippen MR) is 131 cm³/mol. The van der Waals surface area contributed by atoms with Crippen molar-refractivity contribution in [1.29, 1.82) is 0 Å². The van der Waals surface area contributed by atoms with E-state index in [-0.39, 0.29) is 5.82 Å². The van der Waals surface area contributed by atoms with E-state index >= 15 is 0 Å². The number of carbonyl (C=O) groups is 1. The highest BCUT2D eigenvalue weighted by molar-refractivity contribution is 5.74. The van der Waals surface area contributed by atoms with E-state index in [9.17, 15) is 14.3 Å². The van der Waals surface area contributed by atoms with Crippen molar-refractivity contribution in [2.75, 3.05) is 20.8 Å². The second-order valence-corrected chi connectivity index (χ2v) is 8.57. The monoisotopic (exact) mass is 479 g/mol. The smallest absolute Gasteiger partial charge is 0.320 e. The van der Waals surface area contributed by atoms with Crippen LogP contribution in [0.4, 0.5) is 4.39 Å². The van der Waals surface area contributed by atoms with Gasteiger partial charge in [-0.1, -0.05) is 48.9 Å². The van der Waals surface area contributed by atoms with Gasteiger partial charge in [-0.2, -0.15) is 0 Å². The maximum absolute atomic E-state index is 14.3. The molecule has 0 bridgehead atoms. The molecule has 7 heteroatoms. The van der Waals surface area contributed by atoms with Gasteiger partial charge in [0.05, 0.1) is 20.3 Å². The summed E-state index contributed by atoms with van der Waals surface area (Å²) in [5, 5.41) is 9.94. The molecule has 35 heavy (non-hydrogen) atoms. The van der Waals surface area contributed by atoms with Gasteiger partial charge >= 0.3 is 5.97 Å². The molecule has 1 saturated heterocycles. The predicted octanol–water partition coefficient (Wildman–Crippen LogP) is 5.45. The van der Waals surface area contributed by atoms with E-state index in [0.29, 0.717) is 42.4 Å². The van der Waals surface area contributed by atoms with Gasteiger partial charge < -0.3 is 19.3 Å². The van der Waals surface area contributed by atoms with Gasteiger partial charge in [-0.15, -0.1) is 0 Å². The van der Waals surface area contributed by atoms with Crippen molar-refractivity contribution in [2.24, 2.45) is 0 Å². The second kappa shape index (κ2) is 11.2. The minimum atomic E-state index is -0.882. The topological polar surface area (TPSA) is 68.2 Å². The molecule has 0 radical (unpaired) electrons. The van der Waals surface area contributed by atoms with Crippen LogP contribution in [0.5, 0.6) is 17.2 Å². The summed E-state index contributed by atoms with van der Waals surface area (Å²) in [4.78, 5) is 14.1. The number of benzene rings is 3. The van der Waals surface area contributed by atoms with Gasteiger partial charge in [0, 0.05) is 0 Å². The van der Waals surface area contributed by atoms with E-state index in [0.717, 1.165) is 24.0 Å². The van der Waals surface area contributed by atoms with E-state index in [4.69, 9.17) is 14.2 Å².